The minimum absolute atomic E-state index is 0.0540. The highest BCUT2D eigenvalue weighted by atomic mass is 79.9. The molecule has 0 saturated heterocycles. The molecule has 2 atom stereocenters. The minimum Gasteiger partial charge on any atom is -0.325 e. The van der Waals surface area contributed by atoms with Gasteiger partial charge in [-0.1, -0.05) is 87.3 Å². The highest BCUT2D eigenvalue weighted by Gasteiger charge is 2.25. The van der Waals surface area contributed by atoms with Crippen LogP contribution in [0, 0.1) is 0 Å². The van der Waals surface area contributed by atoms with Crippen LogP contribution in [-0.2, 0) is 11.2 Å². The van der Waals surface area contributed by atoms with Crippen LogP contribution in [0.1, 0.15) is 22.9 Å². The van der Waals surface area contributed by atoms with Crippen LogP contribution in [0.5, 0.6) is 0 Å². The number of halogens is 2. The number of hydrogen-bond acceptors (Lipinski definition) is 1. The molecule has 0 fully saturated rings. The monoisotopic (exact) mass is 409 g/mol. The molecule has 0 aliphatic heterocycles. The smallest absolute Gasteiger partial charge is 0.239 e. The molecule has 0 radical (unpaired) electrons. The third-order valence-electron chi connectivity index (χ3n) is 3.28. The zero-order valence-electron chi connectivity index (χ0n) is 11.7. The summed E-state index contributed by atoms with van der Waals surface area (Å²) in [6, 6.07) is 17.8. The average molecular weight is 411 g/mol. The summed E-state index contributed by atoms with van der Waals surface area (Å²) in [4.78, 5) is 12.0. The molecule has 4 heteroatoms. The number of alkyl halides is 2. The van der Waals surface area contributed by atoms with Gasteiger partial charge in [-0.05, 0) is 23.6 Å². The Hall–Kier alpha value is -1.13. The summed E-state index contributed by atoms with van der Waals surface area (Å²) < 4.78 is 0. The van der Waals surface area contributed by atoms with Crippen molar-refractivity contribution >= 4 is 43.5 Å². The Morgan fingerprint density at radius 3 is 2.33 bits per heavy atom. The van der Waals surface area contributed by atoms with E-state index in [-0.39, 0.29) is 15.6 Å². The van der Waals surface area contributed by atoms with Crippen LogP contribution >= 0.6 is 31.9 Å². The predicted molar refractivity (Wildman–Crippen MR) is 95.3 cm³/mol. The molecule has 2 aromatic carbocycles. The lowest BCUT2D eigenvalue weighted by atomic mass is 10.1. The van der Waals surface area contributed by atoms with Crippen LogP contribution in [0.15, 0.2) is 54.6 Å². The molecule has 2 nitrogen and oxygen atoms in total. The summed E-state index contributed by atoms with van der Waals surface area (Å²) in [5.74, 6) is -0.0540. The van der Waals surface area contributed by atoms with Gasteiger partial charge in [-0.2, -0.15) is 0 Å². The number of hydrogen-bond donors (Lipinski definition) is 1. The first-order valence-corrected chi connectivity index (χ1v) is 8.68. The van der Waals surface area contributed by atoms with Gasteiger partial charge in [0.05, 0.1) is 4.83 Å². The van der Waals surface area contributed by atoms with Gasteiger partial charge >= 0.3 is 0 Å². The van der Waals surface area contributed by atoms with Crippen molar-refractivity contribution in [1.29, 1.82) is 0 Å². The standard InChI is InChI=1S/C17H17Br2NO/c1-2-12-8-6-7-11-14(12)20-17(21)16(19)15(18)13-9-4-3-5-10-13/h3-11,15-16H,2H2,1H3,(H,20,21)/t15-,16+/m1/s1. The second-order valence-electron chi connectivity index (χ2n) is 4.71. The molecule has 2 rings (SSSR count). The molecule has 0 spiro atoms. The van der Waals surface area contributed by atoms with Gasteiger partial charge in [0.1, 0.15) is 4.83 Å². The summed E-state index contributed by atoms with van der Waals surface area (Å²) in [5, 5.41) is 3.00. The van der Waals surface area contributed by atoms with E-state index in [0.717, 1.165) is 23.2 Å². The van der Waals surface area contributed by atoms with E-state index < -0.39 is 0 Å². The molecule has 0 aliphatic rings. The van der Waals surface area contributed by atoms with Crippen molar-refractivity contribution in [2.75, 3.05) is 5.32 Å². The summed E-state index contributed by atoms with van der Waals surface area (Å²) in [7, 11) is 0. The van der Waals surface area contributed by atoms with Gasteiger partial charge in [-0.25, -0.2) is 0 Å². The van der Waals surface area contributed by atoms with E-state index in [4.69, 9.17) is 0 Å². The largest absolute Gasteiger partial charge is 0.325 e. The number of carbonyl (C=O) groups is 1. The molecule has 110 valence electrons. The van der Waals surface area contributed by atoms with Gasteiger partial charge < -0.3 is 5.32 Å². The quantitative estimate of drug-likeness (QED) is 0.683. The van der Waals surface area contributed by atoms with E-state index in [1.165, 1.54) is 0 Å². The number of amides is 1. The lowest BCUT2D eigenvalue weighted by Crippen LogP contribution is -2.26. The predicted octanol–water partition coefficient (Wildman–Crippen LogP) is 5.09. The molecule has 21 heavy (non-hydrogen) atoms. The molecule has 0 bridgehead atoms. The van der Waals surface area contributed by atoms with E-state index >= 15 is 0 Å². The highest BCUT2D eigenvalue weighted by molar-refractivity contribution is 9.12. The Kier molecular flexibility index (Phi) is 6.00. The fraction of sp³-hybridized carbons (Fsp3) is 0.235. The summed E-state index contributed by atoms with van der Waals surface area (Å²) in [5.41, 5.74) is 3.08. The van der Waals surface area contributed by atoms with Gasteiger partial charge in [-0.15, -0.1) is 0 Å². The molecular formula is C17H17Br2NO. The van der Waals surface area contributed by atoms with Gasteiger partial charge in [0.15, 0.2) is 0 Å². The van der Waals surface area contributed by atoms with Gasteiger partial charge in [0, 0.05) is 5.69 Å². The van der Waals surface area contributed by atoms with Crippen LogP contribution in [0.25, 0.3) is 0 Å². The van der Waals surface area contributed by atoms with Crippen LogP contribution < -0.4 is 5.32 Å². The second kappa shape index (κ2) is 7.76. The van der Waals surface area contributed by atoms with E-state index in [1.807, 2.05) is 54.6 Å². The molecule has 0 heterocycles. The van der Waals surface area contributed by atoms with Crippen molar-refractivity contribution in [1.82, 2.24) is 0 Å². The van der Waals surface area contributed by atoms with E-state index in [1.54, 1.807) is 0 Å². The number of para-hydroxylation sites is 1. The Labute approximate surface area is 142 Å². The third kappa shape index (κ3) is 4.17. The van der Waals surface area contributed by atoms with Gasteiger partial charge in [0.2, 0.25) is 5.91 Å². The van der Waals surface area contributed by atoms with Crippen molar-refractivity contribution in [3.8, 4) is 0 Å². The number of nitrogens with one attached hydrogen (secondary N) is 1. The fourth-order valence-corrected chi connectivity index (χ4v) is 3.06. The molecule has 0 aromatic heterocycles. The molecule has 0 unspecified atom stereocenters. The maximum Gasteiger partial charge on any atom is 0.239 e. The van der Waals surface area contributed by atoms with E-state index in [9.17, 15) is 4.79 Å². The van der Waals surface area contributed by atoms with Crippen molar-refractivity contribution in [2.24, 2.45) is 0 Å². The Bertz CT molecular complexity index is 601. The summed E-state index contributed by atoms with van der Waals surface area (Å²) in [6.45, 7) is 2.08. The summed E-state index contributed by atoms with van der Waals surface area (Å²) in [6.07, 6.45) is 0.889. The van der Waals surface area contributed by atoms with Crippen molar-refractivity contribution in [3.63, 3.8) is 0 Å². The van der Waals surface area contributed by atoms with Crippen LogP contribution in [-0.4, -0.2) is 10.7 Å². The topological polar surface area (TPSA) is 29.1 Å². The minimum atomic E-state index is -0.343. The summed E-state index contributed by atoms with van der Waals surface area (Å²) >= 11 is 7.08. The maximum absolute atomic E-state index is 12.4. The van der Waals surface area contributed by atoms with Crippen LogP contribution in [0.3, 0.4) is 0 Å². The SMILES string of the molecule is CCc1ccccc1NC(=O)[C@@H](Br)[C@H](Br)c1ccccc1. The van der Waals surface area contributed by atoms with Crippen molar-refractivity contribution in [3.05, 3.63) is 65.7 Å². The van der Waals surface area contributed by atoms with Gasteiger partial charge in [0.25, 0.3) is 0 Å². The van der Waals surface area contributed by atoms with E-state index in [0.29, 0.717) is 0 Å². The van der Waals surface area contributed by atoms with Gasteiger partial charge in [-0.3, -0.25) is 4.79 Å². The van der Waals surface area contributed by atoms with Crippen LogP contribution in [0.4, 0.5) is 5.69 Å². The van der Waals surface area contributed by atoms with Crippen molar-refractivity contribution < 1.29 is 4.79 Å². The number of anilines is 1. The Balaban J connectivity index is 2.09. The first-order valence-electron chi connectivity index (χ1n) is 6.85. The first kappa shape index (κ1) is 16.2. The number of rotatable bonds is 5. The molecule has 0 aliphatic carbocycles. The van der Waals surface area contributed by atoms with Crippen LogP contribution in [0.2, 0.25) is 0 Å². The lowest BCUT2D eigenvalue weighted by molar-refractivity contribution is -0.115. The molecule has 1 N–H and O–H groups in total. The van der Waals surface area contributed by atoms with Crippen molar-refractivity contribution in [2.45, 2.75) is 23.0 Å². The maximum atomic E-state index is 12.4. The molecule has 1 amide bonds. The number of aryl methyl sites for hydroxylation is 1. The molecular weight excluding hydrogens is 394 g/mol. The van der Waals surface area contributed by atoms with E-state index in [2.05, 4.69) is 44.1 Å². The Morgan fingerprint density at radius 2 is 1.67 bits per heavy atom. The normalized spacial score (nSPS) is 13.5. The number of carbonyl (C=O) groups excluding carboxylic acids is 1. The number of benzene rings is 2. The molecule has 0 saturated carbocycles. The highest BCUT2D eigenvalue weighted by Crippen LogP contribution is 2.32. The zero-order chi connectivity index (χ0) is 15.2. The first-order chi connectivity index (χ1) is 10.1. The Morgan fingerprint density at radius 1 is 1.05 bits per heavy atom. The second-order valence-corrected chi connectivity index (χ2v) is 6.69. The lowest BCUT2D eigenvalue weighted by Gasteiger charge is -2.18. The fourth-order valence-electron chi connectivity index (χ4n) is 2.09. The third-order valence-corrected chi connectivity index (χ3v) is 5.99. The zero-order valence-corrected chi connectivity index (χ0v) is 14.9. The average Bonchev–Trinajstić information content (AvgIpc) is 2.54. The molecule has 2 aromatic rings.